The third-order valence-corrected chi connectivity index (χ3v) is 3.59. The molecule has 0 aliphatic rings. The van der Waals surface area contributed by atoms with Gasteiger partial charge in [-0.2, -0.15) is 5.10 Å². The monoisotopic (exact) mass is 293 g/mol. The van der Waals surface area contributed by atoms with E-state index < -0.39 is 6.10 Å². The van der Waals surface area contributed by atoms with Crippen LogP contribution in [0, 0.1) is 0 Å². The van der Waals surface area contributed by atoms with Crippen LogP contribution in [-0.2, 0) is 20.0 Å². The molecule has 0 amide bonds. The van der Waals surface area contributed by atoms with Crippen LogP contribution in [0.4, 0.5) is 0 Å². The molecule has 0 bridgehead atoms. The molecular weight excluding hydrogens is 274 g/mol. The van der Waals surface area contributed by atoms with Crippen molar-refractivity contribution >= 4 is 11.6 Å². The summed E-state index contributed by atoms with van der Waals surface area (Å²) in [5, 5.41) is 18.4. The van der Waals surface area contributed by atoms with Crippen molar-refractivity contribution in [3.8, 4) is 0 Å². The first-order chi connectivity index (χ1) is 9.61. The Balaban J connectivity index is 1.91. The third kappa shape index (κ3) is 3.60. The molecule has 1 heterocycles. The molecule has 0 aliphatic heterocycles. The van der Waals surface area contributed by atoms with Crippen LogP contribution in [0.3, 0.4) is 0 Å². The second kappa shape index (κ2) is 6.88. The van der Waals surface area contributed by atoms with Crippen LogP contribution in [-0.4, -0.2) is 21.4 Å². The summed E-state index contributed by atoms with van der Waals surface area (Å²) in [5.74, 6) is 0. The fraction of sp³-hybridized carbons (Fsp3) is 0.400. The molecule has 0 fully saturated rings. The lowest BCUT2D eigenvalue weighted by Gasteiger charge is -2.13. The Morgan fingerprint density at radius 2 is 2.15 bits per heavy atom. The SMILES string of the molecule is CCc1nn(C)cc1CNCC(O)c1ccccc1Cl. The fourth-order valence-electron chi connectivity index (χ4n) is 2.23. The number of aryl methyl sites for hydroxylation is 2. The van der Waals surface area contributed by atoms with Crippen LogP contribution in [0.1, 0.15) is 29.8 Å². The molecule has 5 heteroatoms. The molecule has 108 valence electrons. The van der Waals surface area contributed by atoms with Crippen molar-refractivity contribution in [1.82, 2.24) is 15.1 Å². The first-order valence-electron chi connectivity index (χ1n) is 6.76. The summed E-state index contributed by atoms with van der Waals surface area (Å²) >= 11 is 6.06. The van der Waals surface area contributed by atoms with Crippen LogP contribution in [0.2, 0.25) is 5.02 Å². The Labute approximate surface area is 124 Å². The first kappa shape index (κ1) is 15.0. The Morgan fingerprint density at radius 3 is 2.85 bits per heavy atom. The molecule has 0 saturated heterocycles. The molecule has 1 aromatic carbocycles. The van der Waals surface area contributed by atoms with Crippen molar-refractivity contribution in [2.45, 2.75) is 26.0 Å². The number of halogens is 1. The standard InChI is InChI=1S/C15H20ClN3O/c1-3-14-11(10-19(2)18-14)8-17-9-15(20)12-6-4-5-7-13(12)16/h4-7,10,15,17,20H,3,8-9H2,1-2H3. The van der Waals surface area contributed by atoms with E-state index in [1.165, 1.54) is 5.56 Å². The normalized spacial score (nSPS) is 12.6. The van der Waals surface area contributed by atoms with Gasteiger partial charge < -0.3 is 10.4 Å². The highest BCUT2D eigenvalue weighted by molar-refractivity contribution is 6.31. The van der Waals surface area contributed by atoms with E-state index in [0.717, 1.165) is 17.7 Å². The molecule has 20 heavy (non-hydrogen) atoms. The minimum absolute atomic E-state index is 0.460. The van der Waals surface area contributed by atoms with Crippen LogP contribution < -0.4 is 5.32 Å². The van der Waals surface area contributed by atoms with Crippen molar-refractivity contribution in [3.05, 3.63) is 52.3 Å². The van der Waals surface area contributed by atoms with Gasteiger partial charge in [0.25, 0.3) is 0 Å². The van der Waals surface area contributed by atoms with Crippen LogP contribution in [0.15, 0.2) is 30.5 Å². The number of rotatable bonds is 6. The van der Waals surface area contributed by atoms with Gasteiger partial charge in [-0.15, -0.1) is 0 Å². The van der Waals surface area contributed by atoms with E-state index in [0.29, 0.717) is 18.1 Å². The van der Waals surface area contributed by atoms with Crippen LogP contribution in [0.25, 0.3) is 0 Å². The molecular formula is C15H20ClN3O. The largest absolute Gasteiger partial charge is 0.387 e. The van der Waals surface area contributed by atoms with Crippen molar-refractivity contribution in [3.63, 3.8) is 0 Å². The van der Waals surface area contributed by atoms with Gasteiger partial charge in [0.1, 0.15) is 0 Å². The summed E-state index contributed by atoms with van der Waals surface area (Å²) in [4.78, 5) is 0. The van der Waals surface area contributed by atoms with E-state index in [4.69, 9.17) is 11.6 Å². The third-order valence-electron chi connectivity index (χ3n) is 3.24. The Kier molecular flexibility index (Phi) is 5.17. The Hall–Kier alpha value is -1.36. The van der Waals surface area contributed by atoms with Crippen molar-refractivity contribution < 1.29 is 5.11 Å². The molecule has 1 unspecified atom stereocenters. The number of benzene rings is 1. The topological polar surface area (TPSA) is 50.1 Å². The van der Waals surface area contributed by atoms with Gasteiger partial charge in [0.15, 0.2) is 0 Å². The Bertz CT molecular complexity index is 568. The van der Waals surface area contributed by atoms with Gasteiger partial charge in [-0.1, -0.05) is 36.7 Å². The van der Waals surface area contributed by atoms with Gasteiger partial charge in [-0.25, -0.2) is 0 Å². The van der Waals surface area contributed by atoms with E-state index in [1.807, 2.05) is 36.1 Å². The molecule has 2 aromatic rings. The number of hydrogen-bond donors (Lipinski definition) is 2. The van der Waals surface area contributed by atoms with E-state index in [2.05, 4.69) is 17.3 Å². The second-order valence-corrected chi connectivity index (χ2v) is 5.20. The number of aliphatic hydroxyl groups excluding tert-OH is 1. The highest BCUT2D eigenvalue weighted by Crippen LogP contribution is 2.21. The first-order valence-corrected chi connectivity index (χ1v) is 7.14. The maximum absolute atomic E-state index is 10.1. The summed E-state index contributed by atoms with van der Waals surface area (Å²) in [6.07, 6.45) is 2.31. The van der Waals surface area contributed by atoms with Gasteiger partial charge in [-0.05, 0) is 12.5 Å². The second-order valence-electron chi connectivity index (χ2n) is 4.80. The van der Waals surface area contributed by atoms with Crippen LogP contribution >= 0.6 is 11.6 Å². The predicted octanol–water partition coefficient (Wildman–Crippen LogP) is 2.46. The number of nitrogens with zero attached hydrogens (tertiary/aromatic N) is 2. The van der Waals surface area contributed by atoms with E-state index in [1.54, 1.807) is 6.07 Å². The zero-order valence-electron chi connectivity index (χ0n) is 11.8. The number of nitrogens with one attached hydrogen (secondary N) is 1. The zero-order valence-corrected chi connectivity index (χ0v) is 12.6. The lowest BCUT2D eigenvalue weighted by atomic mass is 10.1. The highest BCUT2D eigenvalue weighted by Gasteiger charge is 2.11. The molecule has 0 aliphatic carbocycles. The quantitative estimate of drug-likeness (QED) is 0.860. The summed E-state index contributed by atoms with van der Waals surface area (Å²) in [6.45, 7) is 3.24. The van der Waals surface area contributed by atoms with Crippen molar-refractivity contribution in [2.75, 3.05) is 6.54 Å². The summed E-state index contributed by atoms with van der Waals surface area (Å²) in [7, 11) is 1.92. The predicted molar refractivity (Wildman–Crippen MR) is 80.7 cm³/mol. The maximum Gasteiger partial charge on any atom is 0.0928 e. The molecule has 0 saturated carbocycles. The van der Waals surface area contributed by atoms with Crippen molar-refractivity contribution in [2.24, 2.45) is 7.05 Å². The highest BCUT2D eigenvalue weighted by atomic mass is 35.5. The molecule has 4 nitrogen and oxygen atoms in total. The Morgan fingerprint density at radius 1 is 1.40 bits per heavy atom. The fourth-order valence-corrected chi connectivity index (χ4v) is 2.49. The summed E-state index contributed by atoms with van der Waals surface area (Å²) in [6, 6.07) is 7.36. The van der Waals surface area contributed by atoms with Gasteiger partial charge >= 0.3 is 0 Å². The van der Waals surface area contributed by atoms with Gasteiger partial charge in [0, 0.05) is 42.5 Å². The molecule has 1 aromatic heterocycles. The lowest BCUT2D eigenvalue weighted by molar-refractivity contribution is 0.174. The van der Waals surface area contributed by atoms with Crippen LogP contribution in [0.5, 0.6) is 0 Å². The van der Waals surface area contributed by atoms with Gasteiger partial charge in [0.05, 0.1) is 11.8 Å². The summed E-state index contributed by atoms with van der Waals surface area (Å²) < 4.78 is 1.82. The average Bonchev–Trinajstić information content (AvgIpc) is 2.79. The molecule has 2 rings (SSSR count). The van der Waals surface area contributed by atoms with E-state index >= 15 is 0 Å². The lowest BCUT2D eigenvalue weighted by Crippen LogP contribution is -2.21. The number of aliphatic hydroxyl groups is 1. The zero-order chi connectivity index (χ0) is 14.5. The maximum atomic E-state index is 10.1. The van der Waals surface area contributed by atoms with Gasteiger partial charge in [-0.3, -0.25) is 4.68 Å². The molecule has 2 N–H and O–H groups in total. The van der Waals surface area contributed by atoms with E-state index in [9.17, 15) is 5.11 Å². The number of hydrogen-bond acceptors (Lipinski definition) is 3. The van der Waals surface area contributed by atoms with E-state index in [-0.39, 0.29) is 0 Å². The average molecular weight is 294 g/mol. The molecule has 1 atom stereocenters. The minimum atomic E-state index is -0.606. The van der Waals surface area contributed by atoms with Crippen molar-refractivity contribution in [1.29, 1.82) is 0 Å². The summed E-state index contributed by atoms with van der Waals surface area (Å²) in [5.41, 5.74) is 3.01. The van der Waals surface area contributed by atoms with Gasteiger partial charge in [0.2, 0.25) is 0 Å². The smallest absolute Gasteiger partial charge is 0.0928 e. The number of aromatic nitrogens is 2. The molecule has 0 radical (unpaired) electrons. The minimum Gasteiger partial charge on any atom is -0.387 e. The molecule has 0 spiro atoms.